The van der Waals surface area contributed by atoms with Gasteiger partial charge in [-0.2, -0.15) is 5.10 Å². The minimum Gasteiger partial charge on any atom is -0.356 e. The summed E-state index contributed by atoms with van der Waals surface area (Å²) in [7, 11) is 0. The Morgan fingerprint density at radius 1 is 1.29 bits per heavy atom. The second-order valence-corrected chi connectivity index (χ2v) is 5.93. The Bertz CT molecular complexity index is 837. The third-order valence-corrected chi connectivity index (χ3v) is 3.81. The average molecular weight is 324 g/mol. The summed E-state index contributed by atoms with van der Waals surface area (Å²) in [6.07, 6.45) is 1.95. The molecule has 0 saturated carbocycles. The number of carbonyl (C=O) groups excluding carboxylic acids is 1. The van der Waals surface area contributed by atoms with Gasteiger partial charge in [-0.25, -0.2) is 0 Å². The maximum Gasteiger partial charge on any atom is 0.226 e. The molecule has 3 aromatic rings. The van der Waals surface area contributed by atoms with E-state index in [0.717, 1.165) is 22.6 Å². The first kappa shape index (κ1) is 16.0. The topological polar surface area (TPSA) is 73.0 Å². The number of hydrogen-bond acceptors (Lipinski definition) is 4. The summed E-state index contributed by atoms with van der Waals surface area (Å²) in [5, 5.41) is 11.1. The highest BCUT2D eigenvalue weighted by atomic mass is 16.5. The molecule has 2 heterocycles. The Labute approximate surface area is 140 Å². The van der Waals surface area contributed by atoms with Crippen LogP contribution in [0.25, 0.3) is 11.3 Å². The Balaban J connectivity index is 1.67. The summed E-state index contributed by atoms with van der Waals surface area (Å²) in [4.78, 5) is 12.3. The van der Waals surface area contributed by atoms with Crippen LogP contribution < -0.4 is 5.32 Å². The Morgan fingerprint density at radius 3 is 2.79 bits per heavy atom. The van der Waals surface area contributed by atoms with Crippen LogP contribution in [0.15, 0.2) is 47.1 Å². The highest BCUT2D eigenvalue weighted by Gasteiger charge is 2.14. The normalized spacial score (nSPS) is 12.1. The van der Waals surface area contributed by atoms with Gasteiger partial charge in [-0.05, 0) is 39.0 Å². The highest BCUT2D eigenvalue weighted by Crippen LogP contribution is 2.22. The molecule has 0 radical (unpaired) electrons. The van der Waals surface area contributed by atoms with Crippen molar-refractivity contribution in [3.63, 3.8) is 0 Å². The number of amides is 1. The second-order valence-electron chi connectivity index (χ2n) is 5.93. The monoisotopic (exact) mass is 324 g/mol. The van der Waals surface area contributed by atoms with Gasteiger partial charge >= 0.3 is 0 Å². The van der Waals surface area contributed by atoms with Crippen molar-refractivity contribution >= 4 is 11.6 Å². The van der Waals surface area contributed by atoms with E-state index in [9.17, 15) is 4.79 Å². The Kier molecular flexibility index (Phi) is 4.46. The van der Waals surface area contributed by atoms with Gasteiger partial charge in [0, 0.05) is 29.4 Å². The maximum absolute atomic E-state index is 12.3. The first-order chi connectivity index (χ1) is 11.5. The molecule has 1 atom stereocenters. The third kappa shape index (κ3) is 3.53. The molecule has 0 bridgehead atoms. The molecule has 6 nitrogen and oxygen atoms in total. The molecule has 24 heavy (non-hydrogen) atoms. The molecule has 124 valence electrons. The number of aromatic nitrogens is 3. The lowest BCUT2D eigenvalue weighted by Gasteiger charge is -2.14. The van der Waals surface area contributed by atoms with E-state index >= 15 is 0 Å². The number of nitrogens with one attached hydrogen (secondary N) is 1. The third-order valence-electron chi connectivity index (χ3n) is 3.81. The molecule has 0 saturated heterocycles. The van der Waals surface area contributed by atoms with Crippen LogP contribution in [0.1, 0.15) is 30.8 Å². The molecule has 0 aliphatic heterocycles. The van der Waals surface area contributed by atoms with Crippen LogP contribution in [0.2, 0.25) is 0 Å². The number of aryl methyl sites for hydroxylation is 2. The van der Waals surface area contributed by atoms with Crippen molar-refractivity contribution in [2.45, 2.75) is 33.2 Å². The minimum absolute atomic E-state index is 0.00356. The van der Waals surface area contributed by atoms with E-state index < -0.39 is 0 Å². The van der Waals surface area contributed by atoms with E-state index in [4.69, 9.17) is 4.52 Å². The van der Waals surface area contributed by atoms with E-state index in [1.165, 1.54) is 0 Å². The number of benzene rings is 1. The zero-order valence-corrected chi connectivity index (χ0v) is 14.0. The molecule has 3 rings (SSSR count). The summed E-state index contributed by atoms with van der Waals surface area (Å²) < 4.78 is 7.03. The van der Waals surface area contributed by atoms with Gasteiger partial charge in [0.1, 0.15) is 0 Å². The van der Waals surface area contributed by atoms with Gasteiger partial charge in [-0.1, -0.05) is 17.3 Å². The van der Waals surface area contributed by atoms with Gasteiger partial charge in [0.05, 0.1) is 17.9 Å². The highest BCUT2D eigenvalue weighted by molar-refractivity contribution is 5.91. The van der Waals surface area contributed by atoms with E-state index in [1.807, 2.05) is 55.8 Å². The lowest BCUT2D eigenvalue weighted by atomic mass is 10.1. The predicted molar refractivity (Wildman–Crippen MR) is 91.6 cm³/mol. The molecular weight excluding hydrogens is 304 g/mol. The SMILES string of the molecule is Cc1cc(C)n(C(C)CC(=O)Nc2cccc(-c3ccno3)c2)n1. The standard InChI is InChI=1S/C18H20N4O2/c1-12-9-13(2)22(21-12)14(3)10-18(23)20-16-6-4-5-15(11-16)17-7-8-19-24-17/h4-9,11,14H,10H2,1-3H3,(H,20,23). The largest absolute Gasteiger partial charge is 0.356 e. The quantitative estimate of drug-likeness (QED) is 0.776. The predicted octanol–water partition coefficient (Wildman–Crippen LogP) is 3.74. The van der Waals surface area contributed by atoms with Crippen LogP contribution in [0.3, 0.4) is 0 Å². The van der Waals surface area contributed by atoms with E-state index in [-0.39, 0.29) is 11.9 Å². The zero-order chi connectivity index (χ0) is 17.1. The van der Waals surface area contributed by atoms with Crippen LogP contribution in [0, 0.1) is 13.8 Å². The fourth-order valence-electron chi connectivity index (χ4n) is 2.77. The second kappa shape index (κ2) is 6.70. The van der Waals surface area contributed by atoms with E-state index in [1.54, 1.807) is 12.3 Å². The molecule has 0 aliphatic carbocycles. The van der Waals surface area contributed by atoms with E-state index in [2.05, 4.69) is 15.6 Å². The van der Waals surface area contributed by atoms with Crippen molar-refractivity contribution in [2.24, 2.45) is 0 Å². The zero-order valence-electron chi connectivity index (χ0n) is 14.0. The molecule has 1 aromatic carbocycles. The van der Waals surface area contributed by atoms with Crippen molar-refractivity contribution in [3.8, 4) is 11.3 Å². The lowest BCUT2D eigenvalue weighted by Crippen LogP contribution is -2.19. The smallest absolute Gasteiger partial charge is 0.226 e. The van der Waals surface area contributed by atoms with Crippen LogP contribution in [-0.4, -0.2) is 20.8 Å². The van der Waals surface area contributed by atoms with Gasteiger partial charge in [0.15, 0.2) is 5.76 Å². The van der Waals surface area contributed by atoms with Gasteiger partial charge in [0.2, 0.25) is 5.91 Å². The fraction of sp³-hybridized carbons (Fsp3) is 0.278. The summed E-state index contributed by atoms with van der Waals surface area (Å²) >= 11 is 0. The minimum atomic E-state index is -0.0511. The van der Waals surface area contributed by atoms with Crippen molar-refractivity contribution in [3.05, 3.63) is 54.0 Å². The van der Waals surface area contributed by atoms with Crippen molar-refractivity contribution in [2.75, 3.05) is 5.32 Å². The molecule has 1 N–H and O–H groups in total. The first-order valence-electron chi connectivity index (χ1n) is 7.86. The van der Waals surface area contributed by atoms with Gasteiger partial charge in [-0.3, -0.25) is 9.48 Å². The van der Waals surface area contributed by atoms with Gasteiger partial charge in [0.25, 0.3) is 0 Å². The summed E-state index contributed by atoms with van der Waals surface area (Å²) in [5.74, 6) is 0.617. The molecule has 6 heteroatoms. The molecule has 0 aliphatic rings. The number of hydrogen-bond donors (Lipinski definition) is 1. The lowest BCUT2D eigenvalue weighted by molar-refractivity contribution is -0.116. The number of carbonyl (C=O) groups is 1. The summed E-state index contributed by atoms with van der Waals surface area (Å²) in [5.41, 5.74) is 3.62. The number of nitrogens with zero attached hydrogens (tertiary/aromatic N) is 3. The summed E-state index contributed by atoms with van der Waals surface area (Å²) in [6, 6.07) is 11.3. The van der Waals surface area contributed by atoms with Crippen LogP contribution in [0.4, 0.5) is 5.69 Å². The van der Waals surface area contributed by atoms with Crippen molar-refractivity contribution in [1.82, 2.24) is 14.9 Å². The molecule has 0 fully saturated rings. The molecule has 0 spiro atoms. The summed E-state index contributed by atoms with van der Waals surface area (Å²) in [6.45, 7) is 5.94. The molecular formula is C18H20N4O2. The Hall–Kier alpha value is -2.89. The molecule has 1 unspecified atom stereocenters. The molecule has 1 amide bonds. The van der Waals surface area contributed by atoms with E-state index in [0.29, 0.717) is 12.2 Å². The van der Waals surface area contributed by atoms with Crippen molar-refractivity contribution < 1.29 is 9.32 Å². The van der Waals surface area contributed by atoms with Crippen LogP contribution in [-0.2, 0) is 4.79 Å². The first-order valence-corrected chi connectivity index (χ1v) is 7.86. The van der Waals surface area contributed by atoms with Gasteiger partial charge in [-0.15, -0.1) is 0 Å². The van der Waals surface area contributed by atoms with Crippen molar-refractivity contribution in [1.29, 1.82) is 0 Å². The number of anilines is 1. The Morgan fingerprint density at radius 2 is 2.12 bits per heavy atom. The molecule has 2 aromatic heterocycles. The number of rotatable bonds is 5. The van der Waals surface area contributed by atoms with Gasteiger partial charge < -0.3 is 9.84 Å². The van der Waals surface area contributed by atoms with Crippen LogP contribution >= 0.6 is 0 Å². The average Bonchev–Trinajstić information content (AvgIpc) is 3.17. The maximum atomic E-state index is 12.3. The van der Waals surface area contributed by atoms with Crippen LogP contribution in [0.5, 0.6) is 0 Å². The fourth-order valence-corrected chi connectivity index (χ4v) is 2.77.